The summed E-state index contributed by atoms with van der Waals surface area (Å²) < 4.78 is 5.47. The van der Waals surface area contributed by atoms with Crippen molar-refractivity contribution in [2.75, 3.05) is 11.9 Å². The topological polar surface area (TPSA) is 104 Å². The Morgan fingerprint density at radius 3 is 2.71 bits per heavy atom. The Morgan fingerprint density at radius 1 is 1.25 bits per heavy atom. The van der Waals surface area contributed by atoms with Crippen LogP contribution >= 0.6 is 0 Å². The summed E-state index contributed by atoms with van der Waals surface area (Å²) in [5, 5.41) is 14.0. The third-order valence-electron chi connectivity index (χ3n) is 3.04. The highest BCUT2D eigenvalue weighted by molar-refractivity contribution is 5.94. The summed E-state index contributed by atoms with van der Waals surface area (Å²) in [5.41, 5.74) is 0.338. The third-order valence-corrected chi connectivity index (χ3v) is 3.04. The maximum absolute atomic E-state index is 12.0. The van der Waals surface area contributed by atoms with Crippen LogP contribution in [0.4, 0.5) is 5.82 Å². The van der Waals surface area contributed by atoms with Gasteiger partial charge in [-0.3, -0.25) is 9.59 Å². The van der Waals surface area contributed by atoms with Crippen molar-refractivity contribution in [3.63, 3.8) is 0 Å². The van der Waals surface area contributed by atoms with Gasteiger partial charge < -0.3 is 15.4 Å². The van der Waals surface area contributed by atoms with E-state index in [-0.39, 0.29) is 6.54 Å². The first-order chi connectivity index (χ1) is 11.6. The molecule has 7 nitrogen and oxygen atoms in total. The number of hydrogen-bond donors (Lipinski definition) is 2. The fourth-order valence-electron chi connectivity index (χ4n) is 1.84. The van der Waals surface area contributed by atoms with Crippen molar-refractivity contribution in [1.29, 1.82) is 5.26 Å². The molecule has 0 aliphatic rings. The number of para-hydroxylation sites is 1. The summed E-state index contributed by atoms with van der Waals surface area (Å²) in [4.78, 5) is 27.7. The first kappa shape index (κ1) is 17.0. The van der Waals surface area contributed by atoms with Crippen LogP contribution in [0.15, 0.2) is 48.7 Å². The molecule has 1 aromatic carbocycles. The number of nitrogens with zero attached hydrogens (tertiary/aromatic N) is 2. The fraction of sp³-hybridized carbons (Fsp3) is 0.176. The van der Waals surface area contributed by atoms with Gasteiger partial charge in [0.15, 0.2) is 6.10 Å². The predicted molar refractivity (Wildman–Crippen MR) is 87.1 cm³/mol. The fourth-order valence-corrected chi connectivity index (χ4v) is 1.84. The van der Waals surface area contributed by atoms with Gasteiger partial charge in [-0.2, -0.15) is 5.26 Å². The molecule has 0 spiro atoms. The Hall–Kier alpha value is -3.40. The SMILES string of the molecule is C[C@@H](Oc1ccccc1C#N)C(=O)NCC(=O)Nc1ccccn1. The number of nitrogens with one attached hydrogen (secondary N) is 2. The Kier molecular flexibility index (Phi) is 5.86. The van der Waals surface area contributed by atoms with Crippen molar-refractivity contribution < 1.29 is 14.3 Å². The van der Waals surface area contributed by atoms with Gasteiger partial charge in [0.25, 0.3) is 5.91 Å². The number of benzene rings is 1. The van der Waals surface area contributed by atoms with Gasteiger partial charge in [-0.1, -0.05) is 18.2 Å². The van der Waals surface area contributed by atoms with Gasteiger partial charge in [-0.15, -0.1) is 0 Å². The van der Waals surface area contributed by atoms with Crippen LogP contribution in [-0.2, 0) is 9.59 Å². The lowest BCUT2D eigenvalue weighted by atomic mass is 10.2. The summed E-state index contributed by atoms with van der Waals surface area (Å²) in [5.74, 6) is -0.129. The van der Waals surface area contributed by atoms with E-state index in [1.165, 1.54) is 0 Å². The molecule has 7 heteroatoms. The highest BCUT2D eigenvalue weighted by atomic mass is 16.5. The van der Waals surface area contributed by atoms with Gasteiger partial charge in [0.2, 0.25) is 5.91 Å². The molecule has 0 fully saturated rings. The predicted octanol–water partition coefficient (Wildman–Crippen LogP) is 1.48. The highest BCUT2D eigenvalue weighted by Gasteiger charge is 2.17. The minimum absolute atomic E-state index is 0.205. The molecular weight excluding hydrogens is 308 g/mol. The van der Waals surface area contributed by atoms with Crippen LogP contribution in [0.1, 0.15) is 12.5 Å². The average molecular weight is 324 g/mol. The van der Waals surface area contributed by atoms with E-state index in [1.54, 1.807) is 55.6 Å². The van der Waals surface area contributed by atoms with E-state index >= 15 is 0 Å². The second-order valence-electron chi connectivity index (χ2n) is 4.85. The number of amides is 2. The quantitative estimate of drug-likeness (QED) is 0.837. The molecule has 2 aromatic rings. The molecule has 0 aliphatic carbocycles. The molecule has 0 radical (unpaired) electrons. The van der Waals surface area contributed by atoms with Gasteiger partial charge in [0.1, 0.15) is 17.6 Å². The van der Waals surface area contributed by atoms with Crippen molar-refractivity contribution in [3.8, 4) is 11.8 Å². The third kappa shape index (κ3) is 4.81. The van der Waals surface area contributed by atoms with Gasteiger partial charge in [-0.05, 0) is 31.2 Å². The van der Waals surface area contributed by atoms with Crippen molar-refractivity contribution in [1.82, 2.24) is 10.3 Å². The Morgan fingerprint density at radius 2 is 2.00 bits per heavy atom. The molecule has 0 unspecified atom stereocenters. The first-order valence-corrected chi connectivity index (χ1v) is 7.24. The van der Waals surface area contributed by atoms with E-state index in [4.69, 9.17) is 10.00 Å². The number of hydrogen-bond acceptors (Lipinski definition) is 5. The zero-order valence-corrected chi connectivity index (χ0v) is 13.0. The van der Waals surface area contributed by atoms with E-state index in [1.807, 2.05) is 6.07 Å². The molecule has 122 valence electrons. The smallest absolute Gasteiger partial charge is 0.261 e. The molecule has 2 rings (SSSR count). The normalized spacial score (nSPS) is 11.0. The van der Waals surface area contributed by atoms with Gasteiger partial charge in [0, 0.05) is 6.20 Å². The summed E-state index contributed by atoms with van der Waals surface area (Å²) in [6, 6.07) is 13.7. The number of aromatic nitrogens is 1. The molecule has 1 atom stereocenters. The minimum Gasteiger partial charge on any atom is -0.480 e. The molecule has 1 aromatic heterocycles. The number of nitriles is 1. The van der Waals surface area contributed by atoms with Crippen LogP contribution in [0.25, 0.3) is 0 Å². The van der Waals surface area contributed by atoms with Crippen LogP contribution < -0.4 is 15.4 Å². The van der Waals surface area contributed by atoms with E-state index in [2.05, 4.69) is 15.6 Å². The second kappa shape index (κ2) is 8.29. The van der Waals surface area contributed by atoms with E-state index < -0.39 is 17.9 Å². The number of ether oxygens (including phenoxy) is 1. The largest absolute Gasteiger partial charge is 0.480 e. The Balaban J connectivity index is 1.83. The van der Waals surface area contributed by atoms with E-state index in [9.17, 15) is 9.59 Å². The summed E-state index contributed by atoms with van der Waals surface area (Å²) in [6.45, 7) is 1.34. The molecule has 24 heavy (non-hydrogen) atoms. The van der Waals surface area contributed by atoms with Crippen LogP contribution in [0.3, 0.4) is 0 Å². The van der Waals surface area contributed by atoms with Crippen LogP contribution in [-0.4, -0.2) is 29.4 Å². The zero-order valence-electron chi connectivity index (χ0n) is 13.0. The summed E-state index contributed by atoms with van der Waals surface area (Å²) >= 11 is 0. The standard InChI is InChI=1S/C17H16N4O3/c1-12(24-14-7-3-2-6-13(14)10-18)17(23)20-11-16(22)21-15-8-4-5-9-19-15/h2-9,12H,11H2,1H3,(H,20,23)(H,19,21,22)/t12-/m1/s1. The Labute approximate surface area is 139 Å². The lowest BCUT2D eigenvalue weighted by molar-refractivity contribution is -0.129. The second-order valence-corrected chi connectivity index (χ2v) is 4.85. The maximum atomic E-state index is 12.0. The summed E-state index contributed by atoms with van der Waals surface area (Å²) in [6.07, 6.45) is 0.707. The molecule has 1 heterocycles. The molecule has 0 saturated carbocycles. The Bertz CT molecular complexity index is 756. The number of carbonyl (C=O) groups excluding carboxylic acids is 2. The summed E-state index contributed by atoms with van der Waals surface area (Å²) in [7, 11) is 0. The molecule has 2 N–H and O–H groups in total. The van der Waals surface area contributed by atoms with Gasteiger partial charge in [-0.25, -0.2) is 4.98 Å². The van der Waals surface area contributed by atoms with Gasteiger partial charge in [0.05, 0.1) is 12.1 Å². The molecule has 2 amide bonds. The molecule has 0 saturated heterocycles. The molecular formula is C17H16N4O3. The lowest BCUT2D eigenvalue weighted by Crippen LogP contribution is -2.40. The number of carbonyl (C=O) groups is 2. The zero-order chi connectivity index (χ0) is 17.4. The van der Waals surface area contributed by atoms with Crippen LogP contribution in [0.2, 0.25) is 0 Å². The van der Waals surface area contributed by atoms with Crippen molar-refractivity contribution >= 4 is 17.6 Å². The number of anilines is 1. The minimum atomic E-state index is -0.845. The number of pyridine rings is 1. The number of rotatable bonds is 6. The molecule has 0 aliphatic heterocycles. The van der Waals surface area contributed by atoms with Crippen molar-refractivity contribution in [2.45, 2.75) is 13.0 Å². The van der Waals surface area contributed by atoms with Crippen LogP contribution in [0, 0.1) is 11.3 Å². The monoisotopic (exact) mass is 324 g/mol. The van der Waals surface area contributed by atoms with Gasteiger partial charge >= 0.3 is 0 Å². The molecule has 0 bridgehead atoms. The highest BCUT2D eigenvalue weighted by Crippen LogP contribution is 2.18. The van der Waals surface area contributed by atoms with Crippen LogP contribution in [0.5, 0.6) is 5.75 Å². The van der Waals surface area contributed by atoms with Crippen molar-refractivity contribution in [3.05, 3.63) is 54.2 Å². The average Bonchev–Trinajstić information content (AvgIpc) is 2.61. The van der Waals surface area contributed by atoms with E-state index in [0.29, 0.717) is 17.1 Å². The lowest BCUT2D eigenvalue weighted by Gasteiger charge is -2.15. The first-order valence-electron chi connectivity index (χ1n) is 7.24. The maximum Gasteiger partial charge on any atom is 0.261 e. The van der Waals surface area contributed by atoms with E-state index in [0.717, 1.165) is 0 Å². The van der Waals surface area contributed by atoms with Crippen molar-refractivity contribution in [2.24, 2.45) is 0 Å².